The first-order chi connectivity index (χ1) is 3.18. The van der Waals surface area contributed by atoms with Crippen molar-refractivity contribution in [3.8, 4) is 0 Å². The lowest BCUT2D eigenvalue weighted by Gasteiger charge is -1.82. The van der Waals surface area contributed by atoms with Crippen molar-refractivity contribution < 1.29 is 4.79 Å². The van der Waals surface area contributed by atoms with Crippen LogP contribution in [0.15, 0.2) is 12.2 Å². The van der Waals surface area contributed by atoms with Crippen LogP contribution in [0.25, 0.3) is 0 Å². The van der Waals surface area contributed by atoms with Crippen molar-refractivity contribution in [3.63, 3.8) is 0 Å². The molecule has 0 rings (SSSR count). The Labute approximate surface area is 42.4 Å². The zero-order valence-electron chi connectivity index (χ0n) is 4.19. The molecule has 0 aromatic carbocycles. The van der Waals surface area contributed by atoms with E-state index in [1.165, 1.54) is 0 Å². The summed E-state index contributed by atoms with van der Waals surface area (Å²) in [6.07, 6.45) is 0.752. The fourth-order valence-corrected chi connectivity index (χ4v) is 0.123. The van der Waals surface area contributed by atoms with E-state index < -0.39 is 0 Å². The minimum Gasteiger partial charge on any atom is -0.305 e. The molecule has 0 unspecified atom stereocenters. The van der Waals surface area contributed by atoms with Gasteiger partial charge >= 0.3 is 0 Å². The maximum Gasteiger partial charge on any atom is 0.198 e. The molecule has 0 aromatic heterocycles. The molecule has 0 spiro atoms. The second-order valence-corrected chi connectivity index (χ2v) is 1.29. The number of nitrogens with one attached hydrogen (secondary N) is 1. The van der Waals surface area contributed by atoms with Gasteiger partial charge in [0, 0.05) is 0 Å². The maximum absolute atomic E-state index is 10.2. The van der Waals surface area contributed by atoms with Crippen molar-refractivity contribution in [3.05, 3.63) is 12.2 Å². The number of carbonyl (C=O) groups excluding carboxylic acids is 1. The molecule has 38 valence electrons. The Bertz CT molecular complexity index is 115. The van der Waals surface area contributed by atoms with Gasteiger partial charge in [0.2, 0.25) is 0 Å². The third kappa shape index (κ3) is 1.87. The lowest BCUT2D eigenvalue weighted by Crippen LogP contribution is -1.96. The van der Waals surface area contributed by atoms with Crippen LogP contribution in [0.5, 0.6) is 0 Å². The molecule has 0 aliphatic heterocycles. The van der Waals surface area contributed by atoms with Crippen LogP contribution in [0.4, 0.5) is 0 Å². The Morgan fingerprint density at radius 1 is 1.86 bits per heavy atom. The molecule has 0 atom stereocenters. The van der Waals surface area contributed by atoms with Gasteiger partial charge in [0.1, 0.15) is 0 Å². The first-order valence-corrected chi connectivity index (χ1v) is 1.89. The maximum atomic E-state index is 10.2. The molecule has 0 fully saturated rings. The topological polar surface area (TPSA) is 40.9 Å². The summed E-state index contributed by atoms with van der Waals surface area (Å²) in [5.74, 6) is -0.306. The number of hydrogen-bond donors (Lipinski definition) is 1. The predicted octanol–water partition coefficient (Wildman–Crippen LogP) is 0.781. The molecule has 0 aromatic rings. The molecule has 0 heterocycles. The van der Waals surface area contributed by atoms with Gasteiger partial charge in [-0.05, 0) is 12.5 Å². The molecule has 0 radical (unpaired) electrons. The SMILES string of the molecule is C=C(C)C(=O)C=N. The van der Waals surface area contributed by atoms with Gasteiger partial charge in [0.05, 0.1) is 6.21 Å². The van der Waals surface area contributed by atoms with Crippen LogP contribution in [-0.2, 0) is 4.79 Å². The van der Waals surface area contributed by atoms with E-state index in [2.05, 4.69) is 6.58 Å². The molecule has 0 saturated carbocycles. The van der Waals surface area contributed by atoms with E-state index in [0.717, 1.165) is 6.21 Å². The summed E-state index contributed by atoms with van der Waals surface area (Å²) in [6, 6.07) is 0. The highest BCUT2D eigenvalue weighted by molar-refractivity contribution is 6.33. The van der Waals surface area contributed by atoms with E-state index in [1.54, 1.807) is 6.92 Å². The minimum absolute atomic E-state index is 0.306. The quantitative estimate of drug-likeness (QED) is 0.401. The van der Waals surface area contributed by atoms with Gasteiger partial charge in [-0.3, -0.25) is 4.79 Å². The van der Waals surface area contributed by atoms with Gasteiger partial charge in [-0.1, -0.05) is 6.58 Å². The number of ketones is 1. The standard InChI is InChI=1S/C5H7NO/c1-4(2)5(7)3-6/h3,6H,1H2,2H3. The predicted molar refractivity (Wildman–Crippen MR) is 28.6 cm³/mol. The molecule has 0 amide bonds. The van der Waals surface area contributed by atoms with Crippen molar-refractivity contribution >= 4 is 12.0 Å². The molecule has 1 N–H and O–H groups in total. The number of rotatable bonds is 2. The van der Waals surface area contributed by atoms with E-state index >= 15 is 0 Å². The highest BCUT2D eigenvalue weighted by Gasteiger charge is 1.91. The van der Waals surface area contributed by atoms with Crippen LogP contribution in [0.3, 0.4) is 0 Å². The first kappa shape index (κ1) is 6.08. The number of carbonyl (C=O) groups is 1. The molecule has 0 aliphatic carbocycles. The second kappa shape index (κ2) is 2.29. The largest absolute Gasteiger partial charge is 0.305 e. The second-order valence-electron chi connectivity index (χ2n) is 1.29. The Hall–Kier alpha value is -0.920. The fourth-order valence-electron chi connectivity index (χ4n) is 0.123. The average molecular weight is 97.1 g/mol. The molecular weight excluding hydrogens is 90.1 g/mol. The number of allylic oxidation sites excluding steroid dienone is 1. The van der Waals surface area contributed by atoms with Crippen LogP contribution in [0.1, 0.15) is 6.92 Å². The molecule has 2 heteroatoms. The third-order valence-corrected chi connectivity index (χ3v) is 0.552. The Morgan fingerprint density at radius 3 is 2.29 bits per heavy atom. The van der Waals surface area contributed by atoms with Gasteiger partial charge < -0.3 is 5.41 Å². The van der Waals surface area contributed by atoms with E-state index in [1.807, 2.05) is 0 Å². The van der Waals surface area contributed by atoms with Crippen molar-refractivity contribution in [2.45, 2.75) is 6.92 Å². The van der Waals surface area contributed by atoms with Crippen molar-refractivity contribution in [2.75, 3.05) is 0 Å². The smallest absolute Gasteiger partial charge is 0.198 e. The monoisotopic (exact) mass is 97.1 g/mol. The van der Waals surface area contributed by atoms with Gasteiger partial charge in [-0.15, -0.1) is 0 Å². The van der Waals surface area contributed by atoms with E-state index in [4.69, 9.17) is 5.41 Å². The Kier molecular flexibility index (Phi) is 1.99. The normalized spacial score (nSPS) is 7.57. The zero-order valence-corrected chi connectivity index (χ0v) is 4.19. The van der Waals surface area contributed by atoms with Crippen molar-refractivity contribution in [1.82, 2.24) is 0 Å². The lowest BCUT2D eigenvalue weighted by atomic mass is 10.2. The highest BCUT2D eigenvalue weighted by Crippen LogP contribution is 1.82. The molecule has 0 bridgehead atoms. The lowest BCUT2D eigenvalue weighted by molar-refractivity contribution is -0.109. The molecule has 2 nitrogen and oxygen atoms in total. The molecule has 0 saturated heterocycles. The average Bonchev–Trinajstić information content (AvgIpc) is 1.65. The number of hydrogen-bond acceptors (Lipinski definition) is 2. The van der Waals surface area contributed by atoms with Crippen molar-refractivity contribution in [1.29, 1.82) is 5.41 Å². The third-order valence-electron chi connectivity index (χ3n) is 0.552. The van der Waals surface area contributed by atoms with E-state index in [-0.39, 0.29) is 5.78 Å². The summed E-state index contributed by atoms with van der Waals surface area (Å²) in [5, 5.41) is 6.40. The Morgan fingerprint density at radius 2 is 2.29 bits per heavy atom. The molecule has 7 heavy (non-hydrogen) atoms. The summed E-state index contributed by atoms with van der Waals surface area (Å²) in [6.45, 7) is 4.90. The molecular formula is C5H7NO. The van der Waals surface area contributed by atoms with E-state index in [0.29, 0.717) is 5.57 Å². The fraction of sp³-hybridized carbons (Fsp3) is 0.200. The van der Waals surface area contributed by atoms with E-state index in [9.17, 15) is 4.79 Å². The van der Waals surface area contributed by atoms with Gasteiger partial charge in [0.15, 0.2) is 5.78 Å². The van der Waals surface area contributed by atoms with Crippen LogP contribution in [-0.4, -0.2) is 12.0 Å². The summed E-state index contributed by atoms with van der Waals surface area (Å²) >= 11 is 0. The zero-order chi connectivity index (χ0) is 5.86. The van der Waals surface area contributed by atoms with Gasteiger partial charge in [0.25, 0.3) is 0 Å². The molecule has 0 aliphatic rings. The minimum atomic E-state index is -0.306. The van der Waals surface area contributed by atoms with Gasteiger partial charge in [-0.25, -0.2) is 0 Å². The van der Waals surface area contributed by atoms with Gasteiger partial charge in [-0.2, -0.15) is 0 Å². The first-order valence-electron chi connectivity index (χ1n) is 1.89. The number of Topliss-reactive ketones (excluding diaryl/α,β-unsaturated/α-hetero) is 1. The summed E-state index contributed by atoms with van der Waals surface area (Å²) in [7, 11) is 0. The van der Waals surface area contributed by atoms with Crippen LogP contribution in [0.2, 0.25) is 0 Å². The highest BCUT2D eigenvalue weighted by atomic mass is 16.1. The summed E-state index contributed by atoms with van der Waals surface area (Å²) in [4.78, 5) is 10.2. The summed E-state index contributed by atoms with van der Waals surface area (Å²) < 4.78 is 0. The summed E-state index contributed by atoms with van der Waals surface area (Å²) in [5.41, 5.74) is 0.412. The van der Waals surface area contributed by atoms with Crippen molar-refractivity contribution in [2.24, 2.45) is 0 Å². The van der Waals surface area contributed by atoms with Crippen LogP contribution >= 0.6 is 0 Å². The Balaban J connectivity index is 3.81. The van der Waals surface area contributed by atoms with Crippen LogP contribution in [0, 0.1) is 5.41 Å². The van der Waals surface area contributed by atoms with Crippen LogP contribution < -0.4 is 0 Å².